The maximum Gasteiger partial charge on any atom is 0.357 e. The van der Waals surface area contributed by atoms with Crippen molar-refractivity contribution in [1.29, 1.82) is 0 Å². The fourth-order valence-corrected chi connectivity index (χ4v) is 3.09. The molecule has 0 radical (unpaired) electrons. The van der Waals surface area contributed by atoms with Gasteiger partial charge in [0.2, 0.25) is 10.0 Å². The number of benzene rings is 1. The number of rotatable bonds is 5. The molecule has 1 aromatic heterocycles. The average molecular weight is 311 g/mol. The van der Waals surface area contributed by atoms with Crippen molar-refractivity contribution in [1.82, 2.24) is 14.9 Å². The molecule has 9 heteroatoms. The number of H-pyrrole nitrogens is 1. The number of carboxylic acid groups (broad SMARTS) is 1. The van der Waals surface area contributed by atoms with Crippen LogP contribution in [-0.2, 0) is 16.6 Å². The van der Waals surface area contributed by atoms with Crippen LogP contribution in [0.3, 0.4) is 0 Å². The Kier molecular flexibility index (Phi) is 3.96. The summed E-state index contributed by atoms with van der Waals surface area (Å²) in [7, 11) is -4.02. The van der Waals surface area contributed by atoms with Crippen molar-refractivity contribution >= 4 is 16.0 Å². The second-order valence-electron chi connectivity index (χ2n) is 4.32. The first-order valence-corrected chi connectivity index (χ1v) is 7.35. The molecular formula is C12H13N3O5S. The van der Waals surface area contributed by atoms with Crippen LogP contribution < -0.4 is 4.72 Å². The lowest BCUT2D eigenvalue weighted by atomic mass is 10.2. The van der Waals surface area contributed by atoms with Gasteiger partial charge in [-0.1, -0.05) is 12.1 Å². The van der Waals surface area contributed by atoms with E-state index >= 15 is 0 Å². The van der Waals surface area contributed by atoms with E-state index in [0.29, 0.717) is 5.56 Å². The molecule has 2 rings (SSSR count). The van der Waals surface area contributed by atoms with E-state index in [1.807, 2.05) is 0 Å². The number of aromatic carboxylic acids is 1. The topological polar surface area (TPSA) is 132 Å². The lowest BCUT2D eigenvalue weighted by molar-refractivity contribution is 0.0686. The zero-order valence-electron chi connectivity index (χ0n) is 11.0. The van der Waals surface area contributed by atoms with Gasteiger partial charge in [-0.2, -0.15) is 5.10 Å². The summed E-state index contributed by atoms with van der Waals surface area (Å²) in [5.74, 6) is -1.36. The molecule has 4 N–H and O–H groups in total. The number of hydrogen-bond donors (Lipinski definition) is 4. The molecule has 0 atom stereocenters. The number of phenolic OH excluding ortho intramolecular Hbond substituents is 1. The molecule has 0 fully saturated rings. The molecule has 21 heavy (non-hydrogen) atoms. The Morgan fingerprint density at radius 3 is 2.52 bits per heavy atom. The molecule has 0 amide bonds. The summed E-state index contributed by atoms with van der Waals surface area (Å²) >= 11 is 0. The molecule has 1 heterocycles. The fourth-order valence-electron chi connectivity index (χ4n) is 1.76. The lowest BCUT2D eigenvalue weighted by Gasteiger charge is -2.07. The summed E-state index contributed by atoms with van der Waals surface area (Å²) < 4.78 is 26.7. The lowest BCUT2D eigenvalue weighted by Crippen LogP contribution is -2.25. The van der Waals surface area contributed by atoms with Gasteiger partial charge in [0.1, 0.15) is 10.6 Å². The molecule has 0 aliphatic carbocycles. The van der Waals surface area contributed by atoms with E-state index in [4.69, 9.17) is 10.2 Å². The Hall–Kier alpha value is -2.39. The van der Waals surface area contributed by atoms with E-state index in [9.17, 15) is 13.2 Å². The van der Waals surface area contributed by atoms with Gasteiger partial charge in [0.25, 0.3) is 0 Å². The molecule has 0 unspecified atom stereocenters. The number of carbonyl (C=O) groups is 1. The number of hydrogen-bond acceptors (Lipinski definition) is 5. The van der Waals surface area contributed by atoms with Gasteiger partial charge in [-0.25, -0.2) is 17.9 Å². The summed E-state index contributed by atoms with van der Waals surface area (Å²) in [6.07, 6.45) is 0. The van der Waals surface area contributed by atoms with Gasteiger partial charge >= 0.3 is 5.97 Å². The number of phenols is 1. The van der Waals surface area contributed by atoms with Crippen LogP contribution in [0.5, 0.6) is 5.75 Å². The Bertz CT molecular complexity index is 765. The number of aromatic nitrogens is 2. The molecule has 0 aliphatic heterocycles. The first kappa shape index (κ1) is 15.0. The molecule has 8 nitrogen and oxygen atoms in total. The molecule has 0 aliphatic rings. The van der Waals surface area contributed by atoms with Gasteiger partial charge in [-0.05, 0) is 24.6 Å². The number of nitrogens with one attached hydrogen (secondary N) is 2. The molecular weight excluding hydrogens is 298 g/mol. The smallest absolute Gasteiger partial charge is 0.357 e. The summed E-state index contributed by atoms with van der Waals surface area (Å²) in [5, 5.41) is 23.9. The standard InChI is InChI=1S/C12H13N3O5S/c1-7-11(10(12(17)18)15-14-7)21(19,20)13-6-8-2-4-9(16)5-3-8/h2-5,13,16H,6H2,1H3,(H,14,15)(H,17,18). The second kappa shape index (κ2) is 5.54. The van der Waals surface area contributed by atoms with Crippen LogP contribution in [0.25, 0.3) is 0 Å². The third kappa shape index (κ3) is 3.20. The number of nitrogens with zero attached hydrogens (tertiary/aromatic N) is 1. The van der Waals surface area contributed by atoms with Gasteiger partial charge in [-0.3, -0.25) is 5.10 Å². The maximum atomic E-state index is 12.2. The average Bonchev–Trinajstić information content (AvgIpc) is 2.81. The van der Waals surface area contributed by atoms with Crippen molar-refractivity contribution in [3.05, 3.63) is 41.2 Å². The van der Waals surface area contributed by atoms with Crippen LogP contribution >= 0.6 is 0 Å². The van der Waals surface area contributed by atoms with Crippen molar-refractivity contribution in [2.45, 2.75) is 18.4 Å². The van der Waals surface area contributed by atoms with E-state index in [1.165, 1.54) is 19.1 Å². The number of sulfonamides is 1. The van der Waals surface area contributed by atoms with Crippen molar-refractivity contribution in [3.63, 3.8) is 0 Å². The largest absolute Gasteiger partial charge is 0.508 e. The number of carboxylic acids is 1. The summed E-state index contributed by atoms with van der Waals surface area (Å²) in [5.41, 5.74) is 0.214. The number of aromatic hydroxyl groups is 1. The van der Waals surface area contributed by atoms with Crippen molar-refractivity contribution in [3.8, 4) is 5.75 Å². The molecule has 2 aromatic rings. The SMILES string of the molecule is Cc1[nH]nc(C(=O)O)c1S(=O)(=O)NCc1ccc(O)cc1. The minimum Gasteiger partial charge on any atom is -0.508 e. The van der Waals surface area contributed by atoms with Crippen LogP contribution in [0.2, 0.25) is 0 Å². The molecule has 112 valence electrons. The van der Waals surface area contributed by atoms with E-state index in [2.05, 4.69) is 14.9 Å². The van der Waals surface area contributed by atoms with E-state index < -0.39 is 21.7 Å². The normalized spacial score (nSPS) is 11.5. The first-order valence-electron chi connectivity index (χ1n) is 5.87. The Morgan fingerprint density at radius 1 is 1.33 bits per heavy atom. The van der Waals surface area contributed by atoms with Crippen LogP contribution in [0.4, 0.5) is 0 Å². The zero-order valence-corrected chi connectivity index (χ0v) is 11.8. The number of aryl methyl sites for hydroxylation is 1. The quantitative estimate of drug-likeness (QED) is 0.639. The van der Waals surface area contributed by atoms with Crippen LogP contribution in [0, 0.1) is 6.92 Å². The van der Waals surface area contributed by atoms with Crippen molar-refractivity contribution in [2.75, 3.05) is 0 Å². The predicted octanol–water partition coefficient (Wildman–Crippen LogP) is 0.600. The number of aromatic amines is 1. The summed E-state index contributed by atoms with van der Waals surface area (Å²) in [4.78, 5) is 10.6. The highest BCUT2D eigenvalue weighted by Crippen LogP contribution is 2.18. The van der Waals surface area contributed by atoms with Gasteiger partial charge in [0, 0.05) is 6.54 Å². The van der Waals surface area contributed by atoms with Crippen LogP contribution in [0.15, 0.2) is 29.2 Å². The van der Waals surface area contributed by atoms with Gasteiger partial charge in [-0.15, -0.1) is 0 Å². The molecule has 0 saturated heterocycles. The molecule has 1 aromatic carbocycles. The highest BCUT2D eigenvalue weighted by molar-refractivity contribution is 7.89. The highest BCUT2D eigenvalue weighted by Gasteiger charge is 2.27. The van der Waals surface area contributed by atoms with E-state index in [0.717, 1.165) is 0 Å². The van der Waals surface area contributed by atoms with Gasteiger partial charge < -0.3 is 10.2 Å². The monoisotopic (exact) mass is 311 g/mol. The molecule has 0 bridgehead atoms. The first-order chi connectivity index (χ1) is 9.81. The maximum absolute atomic E-state index is 12.2. The fraction of sp³-hybridized carbons (Fsp3) is 0.167. The third-order valence-corrected chi connectivity index (χ3v) is 4.33. The van der Waals surface area contributed by atoms with Gasteiger partial charge in [0.15, 0.2) is 5.69 Å². The van der Waals surface area contributed by atoms with Gasteiger partial charge in [0.05, 0.1) is 5.69 Å². The Labute approximate surface area is 120 Å². The van der Waals surface area contributed by atoms with Crippen LogP contribution in [0.1, 0.15) is 21.7 Å². The third-order valence-electron chi connectivity index (χ3n) is 2.77. The molecule has 0 spiro atoms. The van der Waals surface area contributed by atoms with E-state index in [-0.39, 0.29) is 22.9 Å². The van der Waals surface area contributed by atoms with Crippen molar-refractivity contribution in [2.24, 2.45) is 0 Å². The highest BCUT2D eigenvalue weighted by atomic mass is 32.2. The summed E-state index contributed by atoms with van der Waals surface area (Å²) in [6.45, 7) is 1.39. The minimum absolute atomic E-state index is 0.0354. The Balaban J connectivity index is 2.25. The van der Waals surface area contributed by atoms with Crippen molar-refractivity contribution < 1.29 is 23.4 Å². The second-order valence-corrected chi connectivity index (χ2v) is 6.03. The molecule has 0 saturated carbocycles. The summed E-state index contributed by atoms with van der Waals surface area (Å²) in [6, 6.07) is 5.96. The van der Waals surface area contributed by atoms with E-state index in [1.54, 1.807) is 12.1 Å². The predicted molar refractivity (Wildman–Crippen MR) is 72.4 cm³/mol. The minimum atomic E-state index is -4.02. The zero-order chi connectivity index (χ0) is 15.6. The Morgan fingerprint density at radius 2 is 1.95 bits per heavy atom. The van der Waals surface area contributed by atoms with Crippen LogP contribution in [-0.4, -0.2) is 34.8 Å².